The number of benzene rings is 1. The van der Waals surface area contributed by atoms with Crippen molar-refractivity contribution in [2.75, 3.05) is 0 Å². The molecule has 15 heavy (non-hydrogen) atoms. The molecular weight excluding hydrogens is 198 g/mol. The van der Waals surface area contributed by atoms with Crippen molar-refractivity contribution in [3.63, 3.8) is 0 Å². The molecule has 0 spiro atoms. The van der Waals surface area contributed by atoms with E-state index in [0.717, 1.165) is 0 Å². The van der Waals surface area contributed by atoms with Gasteiger partial charge in [-0.25, -0.2) is 0 Å². The molecular formula is C9H9N3O3. The summed E-state index contributed by atoms with van der Waals surface area (Å²) < 4.78 is 4.78. The highest BCUT2D eigenvalue weighted by atomic mass is 16.5. The molecule has 6 heteroatoms. The molecule has 0 saturated carbocycles. The van der Waals surface area contributed by atoms with Crippen molar-refractivity contribution in [3.05, 3.63) is 24.1 Å². The highest BCUT2D eigenvalue weighted by Crippen LogP contribution is 2.34. The molecule has 0 aliphatic heterocycles. The maximum absolute atomic E-state index is 9.53. The molecule has 0 bridgehead atoms. The lowest BCUT2D eigenvalue weighted by molar-refractivity contribution is 0.379. The van der Waals surface area contributed by atoms with E-state index in [1.165, 1.54) is 6.07 Å². The van der Waals surface area contributed by atoms with Crippen molar-refractivity contribution >= 4 is 0 Å². The third-order valence-corrected chi connectivity index (χ3v) is 1.90. The van der Waals surface area contributed by atoms with E-state index in [9.17, 15) is 10.2 Å². The topological polar surface area (TPSA) is 105 Å². The van der Waals surface area contributed by atoms with Gasteiger partial charge in [-0.05, 0) is 12.1 Å². The standard InChI is InChI=1S/C9H9N3O3/c10-4-7-11-9(12-15-7)5-2-1-3-6(13)8(5)14/h1-3,13-14H,4,10H2. The molecule has 0 amide bonds. The summed E-state index contributed by atoms with van der Waals surface area (Å²) in [7, 11) is 0. The van der Waals surface area contributed by atoms with Crippen LogP contribution in [0.5, 0.6) is 11.5 Å². The first-order valence-corrected chi connectivity index (χ1v) is 4.26. The fraction of sp³-hybridized carbons (Fsp3) is 0.111. The average molecular weight is 207 g/mol. The molecule has 78 valence electrons. The third kappa shape index (κ3) is 1.62. The fourth-order valence-corrected chi connectivity index (χ4v) is 1.16. The minimum absolute atomic E-state index is 0.132. The Morgan fingerprint density at radius 1 is 1.33 bits per heavy atom. The summed E-state index contributed by atoms with van der Waals surface area (Å²) in [6.07, 6.45) is 0. The van der Waals surface area contributed by atoms with Gasteiger partial charge in [0.1, 0.15) is 0 Å². The Hall–Kier alpha value is -2.08. The molecule has 1 aromatic carbocycles. The summed E-state index contributed by atoms with van der Waals surface area (Å²) in [5, 5.41) is 22.4. The molecule has 4 N–H and O–H groups in total. The highest BCUT2D eigenvalue weighted by molar-refractivity contribution is 5.67. The minimum atomic E-state index is -0.276. The molecule has 0 aliphatic carbocycles. The summed E-state index contributed by atoms with van der Waals surface area (Å²) in [5.74, 6) is -0.0370. The summed E-state index contributed by atoms with van der Waals surface area (Å²) in [6.45, 7) is 0.132. The number of rotatable bonds is 2. The SMILES string of the molecule is NCc1nc(-c2cccc(O)c2O)no1. The van der Waals surface area contributed by atoms with E-state index in [-0.39, 0.29) is 29.8 Å². The van der Waals surface area contributed by atoms with Gasteiger partial charge < -0.3 is 20.5 Å². The predicted molar refractivity (Wildman–Crippen MR) is 51.0 cm³/mol. The van der Waals surface area contributed by atoms with Crippen LogP contribution in [0.15, 0.2) is 22.7 Å². The Morgan fingerprint density at radius 3 is 2.80 bits per heavy atom. The first-order valence-electron chi connectivity index (χ1n) is 4.26. The van der Waals surface area contributed by atoms with E-state index in [1.54, 1.807) is 12.1 Å². The maximum Gasteiger partial charge on any atom is 0.240 e. The number of nitrogens with two attached hydrogens (primary N) is 1. The number of aromatic nitrogens is 2. The molecule has 0 radical (unpaired) electrons. The van der Waals surface area contributed by atoms with Crippen LogP contribution in [0.25, 0.3) is 11.4 Å². The zero-order valence-corrected chi connectivity index (χ0v) is 7.71. The van der Waals surface area contributed by atoms with Crippen LogP contribution in [0.1, 0.15) is 5.89 Å². The molecule has 0 unspecified atom stereocenters. The van der Waals surface area contributed by atoms with Gasteiger partial charge in [0, 0.05) is 0 Å². The second-order valence-electron chi connectivity index (χ2n) is 2.89. The van der Waals surface area contributed by atoms with Gasteiger partial charge in [-0.1, -0.05) is 11.2 Å². The lowest BCUT2D eigenvalue weighted by Crippen LogP contribution is -1.95. The van der Waals surface area contributed by atoms with E-state index in [4.69, 9.17) is 10.3 Å². The zero-order chi connectivity index (χ0) is 10.8. The number of phenolic OH excluding ortho intramolecular Hbond substituents is 2. The van der Waals surface area contributed by atoms with Gasteiger partial charge in [-0.3, -0.25) is 0 Å². The van der Waals surface area contributed by atoms with Crippen molar-refractivity contribution in [2.24, 2.45) is 5.73 Å². The summed E-state index contributed by atoms with van der Waals surface area (Å²) in [6, 6.07) is 4.51. The quantitative estimate of drug-likeness (QED) is 0.623. The van der Waals surface area contributed by atoms with E-state index in [0.29, 0.717) is 5.56 Å². The number of aromatic hydroxyl groups is 2. The Bertz CT molecular complexity index is 481. The zero-order valence-electron chi connectivity index (χ0n) is 7.71. The van der Waals surface area contributed by atoms with Gasteiger partial charge in [0.2, 0.25) is 11.7 Å². The second kappa shape index (κ2) is 3.58. The smallest absolute Gasteiger partial charge is 0.240 e. The second-order valence-corrected chi connectivity index (χ2v) is 2.89. The van der Waals surface area contributed by atoms with Gasteiger partial charge in [0.15, 0.2) is 11.5 Å². The Kier molecular flexibility index (Phi) is 2.26. The van der Waals surface area contributed by atoms with E-state index >= 15 is 0 Å². The van der Waals surface area contributed by atoms with Gasteiger partial charge in [-0.2, -0.15) is 4.98 Å². The van der Waals surface area contributed by atoms with E-state index in [1.807, 2.05) is 0 Å². The summed E-state index contributed by atoms with van der Waals surface area (Å²) in [5.41, 5.74) is 5.61. The van der Waals surface area contributed by atoms with Gasteiger partial charge in [0.05, 0.1) is 12.1 Å². The highest BCUT2D eigenvalue weighted by Gasteiger charge is 2.13. The van der Waals surface area contributed by atoms with Crippen molar-refractivity contribution in [1.29, 1.82) is 0 Å². The van der Waals surface area contributed by atoms with Crippen molar-refractivity contribution in [1.82, 2.24) is 10.1 Å². The average Bonchev–Trinajstić information content (AvgIpc) is 2.70. The fourth-order valence-electron chi connectivity index (χ4n) is 1.16. The number of nitrogens with zero attached hydrogens (tertiary/aromatic N) is 2. The summed E-state index contributed by atoms with van der Waals surface area (Å²) >= 11 is 0. The van der Waals surface area contributed by atoms with Gasteiger partial charge in [-0.15, -0.1) is 0 Å². The normalized spacial score (nSPS) is 10.5. The van der Waals surface area contributed by atoms with E-state index < -0.39 is 0 Å². The number of para-hydroxylation sites is 1. The van der Waals surface area contributed by atoms with Gasteiger partial charge in [0.25, 0.3) is 0 Å². The van der Waals surface area contributed by atoms with Crippen LogP contribution in [0.4, 0.5) is 0 Å². The van der Waals surface area contributed by atoms with Crippen molar-refractivity contribution in [3.8, 4) is 22.9 Å². The van der Waals surface area contributed by atoms with Crippen LogP contribution >= 0.6 is 0 Å². The van der Waals surface area contributed by atoms with Crippen LogP contribution in [0.2, 0.25) is 0 Å². The van der Waals surface area contributed by atoms with Crippen LogP contribution in [0, 0.1) is 0 Å². The van der Waals surface area contributed by atoms with Crippen molar-refractivity contribution < 1.29 is 14.7 Å². The molecule has 2 rings (SSSR count). The van der Waals surface area contributed by atoms with Gasteiger partial charge >= 0.3 is 0 Å². The molecule has 0 saturated heterocycles. The predicted octanol–water partition coefficient (Wildman–Crippen LogP) is 0.606. The van der Waals surface area contributed by atoms with Crippen LogP contribution in [-0.4, -0.2) is 20.4 Å². The lowest BCUT2D eigenvalue weighted by atomic mass is 10.2. The molecule has 2 aromatic rings. The maximum atomic E-state index is 9.53. The Labute approximate surface area is 85.0 Å². The third-order valence-electron chi connectivity index (χ3n) is 1.90. The van der Waals surface area contributed by atoms with Crippen LogP contribution in [-0.2, 0) is 6.54 Å². The molecule has 0 fully saturated rings. The summed E-state index contributed by atoms with van der Waals surface area (Å²) in [4.78, 5) is 3.93. The first kappa shape index (κ1) is 9.47. The first-order chi connectivity index (χ1) is 7.22. The number of phenols is 2. The monoisotopic (exact) mass is 207 g/mol. The number of hydrogen-bond acceptors (Lipinski definition) is 6. The Balaban J connectivity index is 2.49. The molecule has 6 nitrogen and oxygen atoms in total. The number of hydrogen-bond donors (Lipinski definition) is 3. The lowest BCUT2D eigenvalue weighted by Gasteiger charge is -2.00. The van der Waals surface area contributed by atoms with Crippen molar-refractivity contribution in [2.45, 2.75) is 6.54 Å². The molecule has 0 atom stereocenters. The molecule has 1 aromatic heterocycles. The molecule has 1 heterocycles. The minimum Gasteiger partial charge on any atom is -0.504 e. The largest absolute Gasteiger partial charge is 0.504 e. The Morgan fingerprint density at radius 2 is 2.13 bits per heavy atom. The van der Waals surface area contributed by atoms with Crippen LogP contribution in [0.3, 0.4) is 0 Å². The molecule has 0 aliphatic rings. The van der Waals surface area contributed by atoms with E-state index in [2.05, 4.69) is 10.1 Å². The van der Waals surface area contributed by atoms with Crippen LogP contribution < -0.4 is 5.73 Å².